The molecule has 33 heavy (non-hydrogen) atoms. The largest absolute Gasteiger partial charge is 0.369 e. The van der Waals surface area contributed by atoms with Gasteiger partial charge in [0, 0.05) is 24.4 Å². The third kappa shape index (κ3) is 4.25. The fourth-order valence-electron chi connectivity index (χ4n) is 3.67. The summed E-state index contributed by atoms with van der Waals surface area (Å²) in [6.45, 7) is 7.78. The Hall–Kier alpha value is -3.19. The monoisotopic (exact) mass is 467 g/mol. The van der Waals surface area contributed by atoms with Gasteiger partial charge in [0.05, 0.1) is 12.7 Å². The van der Waals surface area contributed by atoms with Gasteiger partial charge in [0.25, 0.3) is 10.0 Å². The molecule has 0 N–H and O–H groups in total. The molecular weight excluding hydrogens is 442 g/mol. The predicted octanol–water partition coefficient (Wildman–Crippen LogP) is 3.79. The van der Waals surface area contributed by atoms with Crippen molar-refractivity contribution in [2.24, 2.45) is 0 Å². The molecule has 1 atom stereocenters. The Morgan fingerprint density at radius 2 is 2.03 bits per heavy atom. The molecule has 0 amide bonds. The minimum absolute atomic E-state index is 0.00342. The zero-order chi connectivity index (χ0) is 23.8. The average molecular weight is 468 g/mol. The zero-order valence-electron chi connectivity index (χ0n) is 19.2. The van der Waals surface area contributed by atoms with Crippen LogP contribution in [0.4, 0.5) is 5.82 Å². The first kappa shape index (κ1) is 23.0. The number of ether oxygens (including phenoxy) is 2. The Bertz CT molecular complexity index is 1370. The number of hydrogen-bond acceptors (Lipinski definition) is 7. The number of aryl methyl sites for hydroxylation is 2. The van der Waals surface area contributed by atoms with E-state index in [0.717, 1.165) is 26.6 Å². The van der Waals surface area contributed by atoms with E-state index in [1.807, 2.05) is 19.9 Å². The lowest BCUT2D eigenvalue weighted by Gasteiger charge is -2.21. The van der Waals surface area contributed by atoms with Crippen LogP contribution in [0.2, 0.25) is 0 Å². The number of sulfonamides is 1. The van der Waals surface area contributed by atoms with E-state index in [0.29, 0.717) is 17.9 Å². The molecule has 9 heteroatoms. The second-order valence-corrected chi connectivity index (χ2v) is 9.71. The molecule has 1 unspecified atom stereocenters. The number of hydrogen-bond donors (Lipinski definition) is 0. The summed E-state index contributed by atoms with van der Waals surface area (Å²) in [5, 5.41) is 3.92. The van der Waals surface area contributed by atoms with Gasteiger partial charge in [-0.3, -0.25) is 0 Å². The Kier molecular flexibility index (Phi) is 6.26. The van der Waals surface area contributed by atoms with Crippen LogP contribution in [0.25, 0.3) is 0 Å². The van der Waals surface area contributed by atoms with Gasteiger partial charge >= 0.3 is 0 Å². The van der Waals surface area contributed by atoms with Crippen molar-refractivity contribution in [3.63, 3.8) is 0 Å². The fraction of sp³-hybridized carbons (Fsp3) is 0.333. The molecule has 172 valence electrons. The molecule has 4 rings (SSSR count). The van der Waals surface area contributed by atoms with Crippen molar-refractivity contribution in [2.75, 3.05) is 18.1 Å². The van der Waals surface area contributed by atoms with E-state index in [1.54, 1.807) is 19.9 Å². The van der Waals surface area contributed by atoms with Gasteiger partial charge in [-0.25, -0.2) is 17.7 Å². The maximum absolute atomic E-state index is 13.6. The molecule has 0 aliphatic carbocycles. The van der Waals surface area contributed by atoms with Crippen molar-refractivity contribution < 1.29 is 22.4 Å². The number of anilines is 1. The van der Waals surface area contributed by atoms with Gasteiger partial charge < -0.3 is 14.0 Å². The molecular formula is C24H25N3O5S. The van der Waals surface area contributed by atoms with Gasteiger partial charge in [-0.1, -0.05) is 17.1 Å². The lowest BCUT2D eigenvalue weighted by atomic mass is 9.98. The number of rotatable bonds is 5. The Morgan fingerprint density at radius 3 is 2.73 bits per heavy atom. The molecule has 0 bridgehead atoms. The number of nitrogens with zero attached hydrogens (tertiary/aromatic N) is 3. The number of fused-ring (bicyclic) bond motifs is 1. The summed E-state index contributed by atoms with van der Waals surface area (Å²) < 4.78 is 44.3. The number of pyridine rings is 1. The molecule has 0 fully saturated rings. The number of benzene rings is 1. The molecule has 1 aromatic carbocycles. The summed E-state index contributed by atoms with van der Waals surface area (Å²) in [5.74, 6) is 6.75. The molecule has 0 saturated carbocycles. The van der Waals surface area contributed by atoms with Crippen LogP contribution in [0.5, 0.6) is 0 Å². The highest BCUT2D eigenvalue weighted by molar-refractivity contribution is 7.92. The molecule has 2 aromatic heterocycles. The van der Waals surface area contributed by atoms with E-state index in [9.17, 15) is 8.42 Å². The topological polar surface area (TPSA) is 94.8 Å². The van der Waals surface area contributed by atoms with Crippen molar-refractivity contribution in [1.82, 2.24) is 10.1 Å². The second kappa shape index (κ2) is 8.98. The number of aromatic nitrogens is 2. The first-order valence-corrected chi connectivity index (χ1v) is 11.8. The van der Waals surface area contributed by atoms with Gasteiger partial charge in [-0.05, 0) is 68.5 Å². The Balaban J connectivity index is 1.77. The summed E-state index contributed by atoms with van der Waals surface area (Å²) in [6, 6.07) is 7.10. The van der Waals surface area contributed by atoms with Crippen LogP contribution >= 0.6 is 0 Å². The van der Waals surface area contributed by atoms with Crippen LogP contribution in [0.3, 0.4) is 0 Å². The number of methoxy groups -OCH3 is 1. The third-order valence-corrected chi connectivity index (χ3v) is 7.43. The van der Waals surface area contributed by atoms with Gasteiger partial charge in [0.1, 0.15) is 23.1 Å². The molecule has 1 aliphatic heterocycles. The summed E-state index contributed by atoms with van der Waals surface area (Å²) in [4.78, 5) is 4.22. The molecule has 1 aliphatic rings. The highest BCUT2D eigenvalue weighted by atomic mass is 32.2. The molecule has 0 radical (unpaired) electrons. The zero-order valence-corrected chi connectivity index (χ0v) is 20.0. The lowest BCUT2D eigenvalue weighted by molar-refractivity contribution is 0.0796. The lowest BCUT2D eigenvalue weighted by Crippen LogP contribution is -2.34. The van der Waals surface area contributed by atoms with E-state index in [1.165, 1.54) is 19.4 Å². The summed E-state index contributed by atoms with van der Waals surface area (Å²) in [7, 11) is -2.68. The first-order valence-electron chi connectivity index (χ1n) is 10.4. The van der Waals surface area contributed by atoms with Crippen molar-refractivity contribution in [3.05, 3.63) is 69.7 Å². The van der Waals surface area contributed by atoms with E-state index in [2.05, 4.69) is 28.0 Å². The smallest absolute Gasteiger partial charge is 0.270 e. The van der Waals surface area contributed by atoms with E-state index < -0.39 is 10.0 Å². The molecule has 3 aromatic rings. The van der Waals surface area contributed by atoms with Crippen molar-refractivity contribution in [1.29, 1.82) is 0 Å². The predicted molar refractivity (Wildman–Crippen MR) is 122 cm³/mol. The summed E-state index contributed by atoms with van der Waals surface area (Å²) in [6.07, 6.45) is 1.52. The van der Waals surface area contributed by atoms with Gasteiger partial charge in [0.15, 0.2) is 5.82 Å². The van der Waals surface area contributed by atoms with Crippen molar-refractivity contribution >= 4 is 15.8 Å². The maximum Gasteiger partial charge on any atom is 0.270 e. The van der Waals surface area contributed by atoms with Crippen molar-refractivity contribution in [3.8, 4) is 11.8 Å². The Morgan fingerprint density at radius 1 is 1.24 bits per heavy atom. The molecule has 0 spiro atoms. The van der Waals surface area contributed by atoms with Crippen LogP contribution in [-0.4, -0.2) is 32.4 Å². The van der Waals surface area contributed by atoms with Crippen LogP contribution in [0, 0.1) is 32.6 Å². The second-order valence-electron chi connectivity index (χ2n) is 7.88. The summed E-state index contributed by atoms with van der Waals surface area (Å²) >= 11 is 0. The Labute approximate surface area is 193 Å². The van der Waals surface area contributed by atoms with Crippen LogP contribution in [0.15, 0.2) is 39.9 Å². The first-order chi connectivity index (χ1) is 15.7. The average Bonchev–Trinajstić information content (AvgIpc) is 3.32. The van der Waals surface area contributed by atoms with E-state index in [-0.39, 0.29) is 29.2 Å². The van der Waals surface area contributed by atoms with E-state index >= 15 is 0 Å². The summed E-state index contributed by atoms with van der Waals surface area (Å²) in [5.41, 5.74) is 4.80. The molecule has 0 saturated heterocycles. The molecule has 3 heterocycles. The van der Waals surface area contributed by atoms with Crippen LogP contribution in [0.1, 0.15) is 52.3 Å². The highest BCUT2D eigenvalue weighted by Gasteiger charge is 2.31. The van der Waals surface area contributed by atoms with Crippen LogP contribution < -0.4 is 4.31 Å². The fourth-order valence-corrected chi connectivity index (χ4v) is 5.14. The quantitative estimate of drug-likeness (QED) is 0.416. The SMILES string of the molecule is COCN(c1noc(C)c1C)S(=O)(=O)c1cccnc1C#Cc1cc2c(cc1C)COC2C. The molecule has 8 nitrogen and oxygen atoms in total. The minimum Gasteiger partial charge on any atom is -0.369 e. The normalized spacial score (nSPS) is 15.1. The van der Waals surface area contributed by atoms with Gasteiger partial charge in [-0.15, -0.1) is 0 Å². The third-order valence-electron chi connectivity index (χ3n) is 5.68. The standard InChI is InChI=1S/C24H25N3O5S/c1-15-11-20-13-31-18(4)21(20)12-19(15)8-9-22-23(7-6-10-25-22)33(28,29)27(14-30-5)24-16(2)17(3)32-26-24/h6-7,10-12,18H,13-14H2,1-5H3. The van der Waals surface area contributed by atoms with Crippen LogP contribution in [-0.2, 0) is 26.1 Å². The highest BCUT2D eigenvalue weighted by Crippen LogP contribution is 2.32. The maximum atomic E-state index is 13.6. The van der Waals surface area contributed by atoms with Gasteiger partial charge in [-0.2, -0.15) is 0 Å². The van der Waals surface area contributed by atoms with Crippen molar-refractivity contribution in [2.45, 2.75) is 45.3 Å². The van der Waals surface area contributed by atoms with Gasteiger partial charge in [0.2, 0.25) is 0 Å². The minimum atomic E-state index is -4.09. The van der Waals surface area contributed by atoms with E-state index in [4.69, 9.17) is 14.0 Å².